The summed E-state index contributed by atoms with van der Waals surface area (Å²) in [5, 5.41) is 14.0. The summed E-state index contributed by atoms with van der Waals surface area (Å²) in [5.41, 5.74) is 3.50. The smallest absolute Gasteiger partial charge is 0.212 e. The topological polar surface area (TPSA) is 52.3 Å². The minimum absolute atomic E-state index is 0.336. The molecule has 0 spiro atoms. The lowest BCUT2D eigenvalue weighted by Gasteiger charge is -2.14. The molecule has 6 heteroatoms. The highest BCUT2D eigenvalue weighted by molar-refractivity contribution is 7.99. The van der Waals surface area contributed by atoms with Gasteiger partial charge < -0.3 is 4.74 Å². The monoisotopic (exact) mass is 350 g/mol. The fourth-order valence-electron chi connectivity index (χ4n) is 2.60. The molecule has 0 atom stereocenters. The van der Waals surface area contributed by atoms with E-state index in [4.69, 9.17) is 9.84 Å². The molecule has 0 amide bonds. The minimum atomic E-state index is 0.336. The summed E-state index contributed by atoms with van der Waals surface area (Å²) >= 11 is 1.65. The van der Waals surface area contributed by atoms with Crippen LogP contribution in [-0.2, 0) is 13.0 Å². The first kappa shape index (κ1) is 15.9. The molecule has 2 heterocycles. The lowest BCUT2D eigenvalue weighted by molar-refractivity contribution is 0.290. The predicted octanol–water partition coefficient (Wildman–Crippen LogP) is 3.78. The largest absolute Gasteiger partial charge is 0.486 e. The van der Waals surface area contributed by atoms with E-state index in [0.29, 0.717) is 12.4 Å². The van der Waals surface area contributed by atoms with E-state index in [1.807, 2.05) is 30.3 Å². The molecular weight excluding hydrogens is 332 g/mol. The number of nitrogens with zero attached hydrogens (tertiary/aromatic N) is 4. The van der Waals surface area contributed by atoms with Crippen LogP contribution in [0, 0.1) is 0 Å². The third-order valence-electron chi connectivity index (χ3n) is 4.04. The molecule has 0 radical (unpaired) electrons. The van der Waals surface area contributed by atoms with Crippen molar-refractivity contribution in [1.29, 1.82) is 0 Å². The van der Waals surface area contributed by atoms with Crippen molar-refractivity contribution in [1.82, 2.24) is 14.9 Å². The summed E-state index contributed by atoms with van der Waals surface area (Å²) in [6, 6.07) is 18.3. The Kier molecular flexibility index (Phi) is 4.52. The maximum Gasteiger partial charge on any atom is 0.212 e. The summed E-state index contributed by atoms with van der Waals surface area (Å²) < 4.78 is 7.58. The van der Waals surface area contributed by atoms with Gasteiger partial charge in [0.1, 0.15) is 12.4 Å². The number of hydrogen-bond acceptors (Lipinski definition) is 5. The standard InChI is InChI=1S/C19H18N4OS/c1-2-14-8-10-15(11-9-14)17-13-25-19-21-20-18(23(19)22-17)12-24-16-6-4-3-5-7-16/h3-11H,2,12-13H2,1H3. The second-order valence-corrected chi connectivity index (χ2v) is 6.64. The van der Waals surface area contributed by atoms with Crippen molar-refractivity contribution >= 4 is 17.5 Å². The SMILES string of the molecule is CCc1ccc(C2=Nn3c(COc4ccccc4)nnc3SC2)cc1. The number of hydrogen-bond donors (Lipinski definition) is 0. The summed E-state index contributed by atoms with van der Waals surface area (Å²) in [6.07, 6.45) is 1.04. The van der Waals surface area contributed by atoms with Gasteiger partial charge in [0.2, 0.25) is 5.16 Å². The van der Waals surface area contributed by atoms with Gasteiger partial charge in [0, 0.05) is 5.75 Å². The third-order valence-corrected chi connectivity index (χ3v) is 4.97. The molecular formula is C19H18N4OS. The first-order valence-corrected chi connectivity index (χ1v) is 9.24. The van der Waals surface area contributed by atoms with Crippen LogP contribution in [0.5, 0.6) is 5.75 Å². The second-order valence-electron chi connectivity index (χ2n) is 5.70. The van der Waals surface area contributed by atoms with Crippen LogP contribution >= 0.6 is 11.8 Å². The van der Waals surface area contributed by atoms with Crippen molar-refractivity contribution in [2.75, 3.05) is 5.75 Å². The molecule has 1 aromatic heterocycles. The first-order chi connectivity index (χ1) is 12.3. The fourth-order valence-corrected chi connectivity index (χ4v) is 3.45. The van der Waals surface area contributed by atoms with Crippen molar-refractivity contribution < 1.29 is 4.74 Å². The van der Waals surface area contributed by atoms with E-state index >= 15 is 0 Å². The summed E-state index contributed by atoms with van der Waals surface area (Å²) in [6.45, 7) is 2.49. The van der Waals surface area contributed by atoms with E-state index in [1.165, 1.54) is 5.56 Å². The van der Waals surface area contributed by atoms with Crippen LogP contribution in [0.2, 0.25) is 0 Å². The molecule has 4 rings (SSSR count). The van der Waals surface area contributed by atoms with E-state index in [2.05, 4.69) is 41.4 Å². The Morgan fingerprint density at radius 1 is 1.04 bits per heavy atom. The normalized spacial score (nSPS) is 13.2. The van der Waals surface area contributed by atoms with Gasteiger partial charge in [0.15, 0.2) is 5.82 Å². The molecule has 5 nitrogen and oxygen atoms in total. The summed E-state index contributed by atoms with van der Waals surface area (Å²) in [7, 11) is 0. The van der Waals surface area contributed by atoms with E-state index < -0.39 is 0 Å². The van der Waals surface area contributed by atoms with Crippen LogP contribution in [0.3, 0.4) is 0 Å². The van der Waals surface area contributed by atoms with Gasteiger partial charge in [-0.3, -0.25) is 0 Å². The Bertz CT molecular complexity index is 888. The summed E-state index contributed by atoms with van der Waals surface area (Å²) in [4.78, 5) is 0. The molecule has 1 aliphatic heterocycles. The van der Waals surface area contributed by atoms with Crippen LogP contribution in [-0.4, -0.2) is 26.3 Å². The Hall–Kier alpha value is -2.60. The molecule has 3 aromatic rings. The average Bonchev–Trinajstić information content (AvgIpc) is 3.09. The molecule has 126 valence electrons. The first-order valence-electron chi connectivity index (χ1n) is 8.25. The molecule has 0 aliphatic carbocycles. The van der Waals surface area contributed by atoms with Gasteiger partial charge in [-0.2, -0.15) is 9.78 Å². The van der Waals surface area contributed by atoms with Crippen molar-refractivity contribution in [3.8, 4) is 5.75 Å². The predicted molar refractivity (Wildman–Crippen MR) is 99.3 cm³/mol. The Morgan fingerprint density at radius 2 is 1.84 bits per heavy atom. The maximum absolute atomic E-state index is 5.79. The van der Waals surface area contributed by atoms with E-state index in [1.54, 1.807) is 16.4 Å². The molecule has 0 saturated heterocycles. The highest BCUT2D eigenvalue weighted by atomic mass is 32.2. The lowest BCUT2D eigenvalue weighted by atomic mass is 10.1. The zero-order valence-corrected chi connectivity index (χ0v) is 14.7. The maximum atomic E-state index is 5.79. The number of ether oxygens (including phenoxy) is 1. The quantitative estimate of drug-likeness (QED) is 0.703. The number of thioether (sulfide) groups is 1. The van der Waals surface area contributed by atoms with Crippen molar-refractivity contribution in [2.24, 2.45) is 5.10 Å². The molecule has 2 aromatic carbocycles. The van der Waals surface area contributed by atoms with E-state index in [0.717, 1.165) is 34.4 Å². The Balaban J connectivity index is 1.56. The van der Waals surface area contributed by atoms with Crippen LogP contribution in [0.25, 0.3) is 0 Å². The van der Waals surface area contributed by atoms with E-state index in [9.17, 15) is 0 Å². The molecule has 25 heavy (non-hydrogen) atoms. The molecule has 0 unspecified atom stereocenters. The van der Waals surface area contributed by atoms with Gasteiger partial charge in [-0.1, -0.05) is 61.2 Å². The average molecular weight is 350 g/mol. The number of rotatable bonds is 5. The van der Waals surface area contributed by atoms with Crippen LogP contribution in [0.15, 0.2) is 64.9 Å². The van der Waals surface area contributed by atoms with Gasteiger partial charge >= 0.3 is 0 Å². The van der Waals surface area contributed by atoms with Crippen LogP contribution in [0.4, 0.5) is 0 Å². The highest BCUT2D eigenvalue weighted by Gasteiger charge is 2.20. The minimum Gasteiger partial charge on any atom is -0.486 e. The van der Waals surface area contributed by atoms with Gasteiger partial charge in [0.05, 0.1) is 5.71 Å². The van der Waals surface area contributed by atoms with Crippen LogP contribution in [0.1, 0.15) is 23.9 Å². The molecule has 0 fully saturated rings. The number of aryl methyl sites for hydroxylation is 1. The fraction of sp³-hybridized carbons (Fsp3) is 0.211. The second kappa shape index (κ2) is 7.11. The lowest BCUT2D eigenvalue weighted by Crippen LogP contribution is -2.15. The van der Waals surface area contributed by atoms with Gasteiger partial charge in [-0.05, 0) is 29.7 Å². The highest BCUT2D eigenvalue weighted by Crippen LogP contribution is 2.24. The molecule has 0 saturated carbocycles. The van der Waals surface area contributed by atoms with Crippen molar-refractivity contribution in [2.45, 2.75) is 25.1 Å². The van der Waals surface area contributed by atoms with Gasteiger partial charge in [-0.25, -0.2) is 0 Å². The Labute approximate surface area is 150 Å². The molecule has 0 bridgehead atoms. The van der Waals surface area contributed by atoms with E-state index in [-0.39, 0.29) is 0 Å². The molecule has 0 N–H and O–H groups in total. The summed E-state index contributed by atoms with van der Waals surface area (Å²) in [5.74, 6) is 2.31. The Morgan fingerprint density at radius 3 is 2.60 bits per heavy atom. The van der Waals surface area contributed by atoms with Crippen molar-refractivity contribution in [3.05, 3.63) is 71.5 Å². The number of fused-ring (bicyclic) bond motifs is 1. The number of benzene rings is 2. The molecule has 1 aliphatic rings. The zero-order chi connectivity index (χ0) is 17.1. The van der Waals surface area contributed by atoms with Gasteiger partial charge in [0.25, 0.3) is 0 Å². The number of aromatic nitrogens is 3. The third kappa shape index (κ3) is 3.44. The van der Waals surface area contributed by atoms with Gasteiger partial charge in [-0.15, -0.1) is 10.2 Å². The zero-order valence-electron chi connectivity index (χ0n) is 13.9. The van der Waals surface area contributed by atoms with Crippen LogP contribution < -0.4 is 4.74 Å². The van der Waals surface area contributed by atoms with Crippen molar-refractivity contribution in [3.63, 3.8) is 0 Å². The number of para-hydroxylation sites is 1.